The van der Waals surface area contributed by atoms with Gasteiger partial charge in [0.2, 0.25) is 0 Å². The molecule has 0 unspecified atom stereocenters. The Morgan fingerprint density at radius 1 is 1.50 bits per heavy atom. The van der Waals surface area contributed by atoms with Crippen LogP contribution < -0.4 is 5.32 Å². The first-order chi connectivity index (χ1) is 4.85. The maximum atomic E-state index is 9.94. The van der Waals surface area contributed by atoms with Crippen LogP contribution in [0.3, 0.4) is 0 Å². The predicted molar refractivity (Wildman–Crippen MR) is 42.7 cm³/mol. The molecule has 0 aliphatic heterocycles. The molecule has 0 aliphatic carbocycles. The van der Waals surface area contributed by atoms with Crippen LogP contribution in [0.15, 0.2) is 11.8 Å². The van der Waals surface area contributed by atoms with Crippen LogP contribution in [0.4, 0.5) is 0 Å². The van der Waals surface area contributed by atoms with Crippen molar-refractivity contribution < 1.29 is 4.79 Å². The van der Waals surface area contributed by atoms with Crippen LogP contribution in [-0.2, 0) is 4.79 Å². The van der Waals surface area contributed by atoms with Gasteiger partial charge in [-0.15, -0.1) is 0 Å². The van der Waals surface area contributed by atoms with E-state index in [0.29, 0.717) is 6.54 Å². The largest absolute Gasteiger partial charge is 0.382 e. The molecule has 2 heteroatoms. The molecule has 0 aromatic heterocycles. The first-order valence-corrected chi connectivity index (χ1v) is 3.71. The van der Waals surface area contributed by atoms with E-state index in [0.717, 1.165) is 24.8 Å². The molecule has 0 amide bonds. The van der Waals surface area contributed by atoms with Crippen LogP contribution in [0.2, 0.25) is 0 Å². The average molecular weight is 141 g/mol. The summed E-state index contributed by atoms with van der Waals surface area (Å²) >= 11 is 0. The van der Waals surface area contributed by atoms with Crippen LogP contribution >= 0.6 is 0 Å². The van der Waals surface area contributed by atoms with Gasteiger partial charge >= 0.3 is 0 Å². The van der Waals surface area contributed by atoms with Gasteiger partial charge in [-0.05, 0) is 12.8 Å². The number of hydrogen-bond donors (Lipinski definition) is 1. The summed E-state index contributed by atoms with van der Waals surface area (Å²) in [7, 11) is 0. The lowest BCUT2D eigenvalue weighted by molar-refractivity contribution is -0.107. The lowest BCUT2D eigenvalue weighted by atomic mass is 10.3. The van der Waals surface area contributed by atoms with Crippen molar-refractivity contribution >= 4 is 6.29 Å². The summed E-state index contributed by atoms with van der Waals surface area (Å²) < 4.78 is 0. The van der Waals surface area contributed by atoms with Crippen molar-refractivity contribution in [3.05, 3.63) is 11.8 Å². The fourth-order valence-corrected chi connectivity index (χ4v) is 0.761. The zero-order valence-electron chi connectivity index (χ0n) is 6.68. The van der Waals surface area contributed by atoms with Gasteiger partial charge in [0.25, 0.3) is 0 Å². The first-order valence-electron chi connectivity index (χ1n) is 3.71. The van der Waals surface area contributed by atoms with Crippen molar-refractivity contribution in [3.63, 3.8) is 0 Å². The van der Waals surface area contributed by atoms with E-state index in [-0.39, 0.29) is 0 Å². The monoisotopic (exact) mass is 141 g/mol. The molecule has 2 nitrogen and oxygen atoms in total. The minimum atomic E-state index is 0.430. The van der Waals surface area contributed by atoms with Gasteiger partial charge in [0.05, 0.1) is 6.54 Å². The summed E-state index contributed by atoms with van der Waals surface area (Å²) in [5, 5.41) is 3.01. The van der Waals surface area contributed by atoms with Crippen molar-refractivity contribution in [2.45, 2.75) is 26.7 Å². The molecule has 0 saturated heterocycles. The molecule has 0 radical (unpaired) electrons. The molecule has 0 aliphatic rings. The predicted octanol–water partition coefficient (Wildman–Crippen LogP) is 1.48. The first kappa shape index (κ1) is 9.21. The molecule has 0 aromatic carbocycles. The van der Waals surface area contributed by atoms with Gasteiger partial charge < -0.3 is 10.1 Å². The highest BCUT2D eigenvalue weighted by Gasteiger charge is 1.88. The zero-order chi connectivity index (χ0) is 7.82. The maximum Gasteiger partial charge on any atom is 0.139 e. The Labute approximate surface area is 62.3 Å². The van der Waals surface area contributed by atoms with Gasteiger partial charge in [0.1, 0.15) is 6.29 Å². The van der Waals surface area contributed by atoms with Gasteiger partial charge in [-0.2, -0.15) is 0 Å². The second-order valence-corrected chi connectivity index (χ2v) is 2.04. The molecule has 0 atom stereocenters. The van der Waals surface area contributed by atoms with Gasteiger partial charge in [-0.1, -0.05) is 19.9 Å². The topological polar surface area (TPSA) is 29.1 Å². The van der Waals surface area contributed by atoms with Crippen molar-refractivity contribution in [1.29, 1.82) is 0 Å². The Morgan fingerprint density at radius 3 is 2.60 bits per heavy atom. The number of hydrogen-bond acceptors (Lipinski definition) is 2. The quantitative estimate of drug-likeness (QED) is 0.587. The standard InChI is InChI=1S/C8H15NO/c1-3-5-8(4-2)9-6-7-10/h5,7,9H,3-4,6H2,1-2H3/b8-5+. The highest BCUT2D eigenvalue weighted by molar-refractivity contribution is 5.52. The lowest BCUT2D eigenvalue weighted by Crippen LogP contribution is -2.14. The van der Waals surface area contributed by atoms with Gasteiger partial charge in [-0.25, -0.2) is 0 Å². The molecule has 0 rings (SSSR count). The molecule has 58 valence electrons. The van der Waals surface area contributed by atoms with E-state index in [1.54, 1.807) is 0 Å². The van der Waals surface area contributed by atoms with E-state index in [4.69, 9.17) is 0 Å². The summed E-state index contributed by atoms with van der Waals surface area (Å²) in [6.07, 6.45) is 4.97. The number of carbonyl (C=O) groups is 1. The minimum absolute atomic E-state index is 0.430. The van der Waals surface area contributed by atoms with Crippen LogP contribution in [0.25, 0.3) is 0 Å². The van der Waals surface area contributed by atoms with Crippen molar-refractivity contribution in [3.8, 4) is 0 Å². The molecular weight excluding hydrogens is 126 g/mol. The zero-order valence-corrected chi connectivity index (χ0v) is 6.68. The Kier molecular flexibility index (Phi) is 5.83. The average Bonchev–Trinajstić information content (AvgIpc) is 1.98. The van der Waals surface area contributed by atoms with E-state index in [9.17, 15) is 4.79 Å². The Bertz CT molecular complexity index is 118. The molecule has 0 heterocycles. The third-order valence-electron chi connectivity index (χ3n) is 1.24. The van der Waals surface area contributed by atoms with Crippen LogP contribution in [0, 0.1) is 0 Å². The maximum absolute atomic E-state index is 9.94. The van der Waals surface area contributed by atoms with E-state index in [2.05, 4.69) is 25.2 Å². The highest BCUT2D eigenvalue weighted by Crippen LogP contribution is 1.95. The normalized spacial score (nSPS) is 11.2. The van der Waals surface area contributed by atoms with Gasteiger partial charge in [0.15, 0.2) is 0 Å². The number of carbonyl (C=O) groups excluding carboxylic acids is 1. The third-order valence-corrected chi connectivity index (χ3v) is 1.24. The fourth-order valence-electron chi connectivity index (χ4n) is 0.761. The fraction of sp³-hybridized carbons (Fsp3) is 0.625. The summed E-state index contributed by atoms with van der Waals surface area (Å²) in [6.45, 7) is 4.58. The van der Waals surface area contributed by atoms with Crippen molar-refractivity contribution in [1.82, 2.24) is 5.32 Å². The lowest BCUT2D eigenvalue weighted by Gasteiger charge is -2.03. The van der Waals surface area contributed by atoms with E-state index in [1.165, 1.54) is 0 Å². The molecule has 0 saturated carbocycles. The summed E-state index contributed by atoms with van der Waals surface area (Å²) in [6, 6.07) is 0. The van der Waals surface area contributed by atoms with Crippen LogP contribution in [0.1, 0.15) is 26.7 Å². The van der Waals surface area contributed by atoms with Gasteiger partial charge in [0, 0.05) is 5.70 Å². The Morgan fingerprint density at radius 2 is 2.20 bits per heavy atom. The number of nitrogens with one attached hydrogen (secondary N) is 1. The van der Waals surface area contributed by atoms with E-state index < -0.39 is 0 Å². The molecular formula is C8H15NO. The molecule has 0 aromatic rings. The van der Waals surface area contributed by atoms with E-state index >= 15 is 0 Å². The molecule has 1 N–H and O–H groups in total. The van der Waals surface area contributed by atoms with Crippen LogP contribution in [-0.4, -0.2) is 12.8 Å². The van der Waals surface area contributed by atoms with Crippen LogP contribution in [0.5, 0.6) is 0 Å². The highest BCUT2D eigenvalue weighted by atomic mass is 16.1. The second kappa shape index (κ2) is 6.33. The van der Waals surface area contributed by atoms with Crippen molar-refractivity contribution in [2.75, 3.05) is 6.54 Å². The number of allylic oxidation sites excluding steroid dienone is 2. The third kappa shape index (κ3) is 4.13. The summed E-state index contributed by atoms with van der Waals surface area (Å²) in [5.41, 5.74) is 1.16. The smallest absolute Gasteiger partial charge is 0.139 e. The SMILES string of the molecule is CC/C=C(\CC)NCC=O. The molecule has 0 spiro atoms. The van der Waals surface area contributed by atoms with Crippen molar-refractivity contribution in [2.24, 2.45) is 0 Å². The van der Waals surface area contributed by atoms with Gasteiger partial charge in [-0.3, -0.25) is 0 Å². The second-order valence-electron chi connectivity index (χ2n) is 2.04. The summed E-state index contributed by atoms with van der Waals surface area (Å²) in [4.78, 5) is 9.94. The summed E-state index contributed by atoms with van der Waals surface area (Å²) in [5.74, 6) is 0. The molecule has 0 fully saturated rings. The Balaban J connectivity index is 3.59. The number of aldehydes is 1. The Hall–Kier alpha value is -0.790. The number of rotatable bonds is 5. The minimum Gasteiger partial charge on any atom is -0.382 e. The molecule has 10 heavy (non-hydrogen) atoms. The van der Waals surface area contributed by atoms with E-state index in [1.807, 2.05) is 0 Å². The molecule has 0 bridgehead atoms.